The van der Waals surface area contributed by atoms with Crippen molar-refractivity contribution in [2.75, 3.05) is 0 Å². The normalized spacial score (nSPS) is 11.7. The highest BCUT2D eigenvalue weighted by atomic mass is 35.5. The van der Waals surface area contributed by atoms with Crippen molar-refractivity contribution in [3.8, 4) is 11.1 Å². The molecule has 6 rings (SSSR count). The Labute approximate surface area is 204 Å². The Balaban J connectivity index is 1.39. The third kappa shape index (κ3) is 3.38. The molecule has 0 bridgehead atoms. The van der Waals surface area contributed by atoms with Gasteiger partial charge in [0.2, 0.25) is 0 Å². The molecule has 4 aromatic heterocycles. The van der Waals surface area contributed by atoms with Crippen molar-refractivity contribution in [2.24, 2.45) is 0 Å². The predicted octanol–water partition coefficient (Wildman–Crippen LogP) is 6.05. The summed E-state index contributed by atoms with van der Waals surface area (Å²) in [6.07, 6.45) is 6.15. The van der Waals surface area contributed by atoms with Gasteiger partial charge in [0.05, 0.1) is 16.6 Å². The Morgan fingerprint density at radius 1 is 1.00 bits per heavy atom. The number of nitrogens with zero attached hydrogens (tertiary/aromatic N) is 4. The average Bonchev–Trinajstić information content (AvgIpc) is 3.39. The van der Waals surface area contributed by atoms with Gasteiger partial charge in [-0.3, -0.25) is 4.79 Å². The summed E-state index contributed by atoms with van der Waals surface area (Å²) in [5.41, 5.74) is 6.25. The van der Waals surface area contributed by atoms with E-state index in [2.05, 4.69) is 9.97 Å². The Kier molecular flexibility index (Phi) is 4.94. The predicted molar refractivity (Wildman–Crippen MR) is 137 cm³/mol. The van der Waals surface area contributed by atoms with Crippen LogP contribution in [-0.4, -0.2) is 24.1 Å². The zero-order valence-electron chi connectivity index (χ0n) is 18.2. The van der Waals surface area contributed by atoms with Crippen molar-refractivity contribution in [1.82, 2.24) is 24.1 Å². The third-order valence-electron chi connectivity index (χ3n) is 6.24. The lowest BCUT2D eigenvalue weighted by atomic mass is 10.1. The Bertz CT molecular complexity index is 1760. The summed E-state index contributed by atoms with van der Waals surface area (Å²) in [5, 5.41) is 7.67. The van der Waals surface area contributed by atoms with E-state index < -0.39 is 0 Å². The van der Waals surface area contributed by atoms with Crippen LogP contribution in [0.2, 0.25) is 10.0 Å². The first-order valence-electron chi connectivity index (χ1n) is 10.9. The molecule has 0 atom stereocenters. The van der Waals surface area contributed by atoms with Crippen LogP contribution in [0.15, 0.2) is 71.9 Å². The molecule has 0 fully saturated rings. The lowest BCUT2D eigenvalue weighted by molar-refractivity contribution is 0.676. The molecule has 0 radical (unpaired) electrons. The smallest absolute Gasteiger partial charge is 0.261 e. The zero-order chi connectivity index (χ0) is 23.4. The van der Waals surface area contributed by atoms with Crippen LogP contribution in [-0.2, 0) is 13.0 Å². The van der Waals surface area contributed by atoms with E-state index in [1.807, 2.05) is 67.8 Å². The molecule has 34 heavy (non-hydrogen) atoms. The minimum Gasteiger partial charge on any atom is -0.361 e. The molecule has 0 aliphatic rings. The molecule has 0 aliphatic carbocycles. The number of hydrogen-bond acceptors (Lipinski definition) is 3. The van der Waals surface area contributed by atoms with Gasteiger partial charge >= 0.3 is 0 Å². The first-order chi connectivity index (χ1) is 16.5. The van der Waals surface area contributed by atoms with Gasteiger partial charge in [-0.15, -0.1) is 0 Å². The molecule has 0 saturated carbocycles. The highest BCUT2D eigenvalue weighted by Crippen LogP contribution is 2.29. The van der Waals surface area contributed by atoms with E-state index in [0.717, 1.165) is 38.8 Å². The number of fused-ring (bicyclic) bond motifs is 4. The molecular weight excluding hydrogens is 469 g/mol. The Hall–Kier alpha value is -3.61. The quantitative estimate of drug-likeness (QED) is 0.329. The lowest BCUT2D eigenvalue weighted by Gasteiger charge is -2.08. The summed E-state index contributed by atoms with van der Waals surface area (Å²) in [6, 6.07) is 15.3. The molecule has 4 heterocycles. The average molecular weight is 488 g/mol. The number of H-pyrrole nitrogens is 1. The second kappa shape index (κ2) is 8.01. The van der Waals surface area contributed by atoms with Gasteiger partial charge in [-0.2, -0.15) is 5.10 Å². The molecular formula is C26H19Cl2N5O. The maximum atomic E-state index is 13.3. The van der Waals surface area contributed by atoms with Crippen molar-refractivity contribution in [1.29, 1.82) is 0 Å². The van der Waals surface area contributed by atoms with E-state index in [0.29, 0.717) is 34.0 Å². The van der Waals surface area contributed by atoms with Crippen LogP contribution in [0.1, 0.15) is 11.3 Å². The summed E-state index contributed by atoms with van der Waals surface area (Å²) in [4.78, 5) is 21.2. The lowest BCUT2D eigenvalue weighted by Crippen LogP contribution is -2.21. The van der Waals surface area contributed by atoms with E-state index in [1.54, 1.807) is 15.3 Å². The minimum absolute atomic E-state index is 0.0917. The van der Waals surface area contributed by atoms with E-state index >= 15 is 0 Å². The number of rotatable bonds is 4. The number of benzene rings is 2. The molecule has 6 nitrogen and oxygen atoms in total. The molecule has 168 valence electrons. The summed E-state index contributed by atoms with van der Waals surface area (Å²) >= 11 is 12.2. The molecule has 0 saturated heterocycles. The number of nitrogens with one attached hydrogen (secondary N) is 1. The van der Waals surface area contributed by atoms with Crippen LogP contribution in [0.4, 0.5) is 0 Å². The van der Waals surface area contributed by atoms with Crippen LogP contribution in [0, 0.1) is 6.92 Å². The van der Waals surface area contributed by atoms with Gasteiger partial charge in [0, 0.05) is 51.6 Å². The van der Waals surface area contributed by atoms with Gasteiger partial charge in [0.15, 0.2) is 5.65 Å². The van der Waals surface area contributed by atoms with Gasteiger partial charge in [0.1, 0.15) is 0 Å². The monoisotopic (exact) mass is 487 g/mol. The van der Waals surface area contributed by atoms with Crippen LogP contribution in [0.3, 0.4) is 0 Å². The van der Waals surface area contributed by atoms with E-state index in [1.165, 1.54) is 0 Å². The SMILES string of the molecule is Cc1nn2c(ncc3c(=O)n(CCc4c[nH]c5ccc(Cl)cc45)ccc32)c1-c1ccc(Cl)cc1. The van der Waals surface area contributed by atoms with Crippen molar-refractivity contribution in [2.45, 2.75) is 19.9 Å². The topological polar surface area (TPSA) is 68.0 Å². The van der Waals surface area contributed by atoms with E-state index in [-0.39, 0.29) is 5.56 Å². The summed E-state index contributed by atoms with van der Waals surface area (Å²) in [5.74, 6) is 0. The second-order valence-corrected chi connectivity index (χ2v) is 9.20. The van der Waals surface area contributed by atoms with Crippen LogP contribution in [0.5, 0.6) is 0 Å². The van der Waals surface area contributed by atoms with Crippen molar-refractivity contribution < 1.29 is 0 Å². The number of aromatic amines is 1. The Morgan fingerprint density at radius 3 is 2.62 bits per heavy atom. The van der Waals surface area contributed by atoms with Crippen molar-refractivity contribution in [3.63, 3.8) is 0 Å². The molecule has 6 aromatic rings. The fourth-order valence-electron chi connectivity index (χ4n) is 4.55. The first-order valence-corrected chi connectivity index (χ1v) is 11.6. The molecule has 1 N–H and O–H groups in total. The van der Waals surface area contributed by atoms with E-state index in [9.17, 15) is 4.79 Å². The summed E-state index contributed by atoms with van der Waals surface area (Å²) in [6.45, 7) is 2.49. The number of aromatic nitrogens is 5. The highest BCUT2D eigenvalue weighted by Gasteiger charge is 2.16. The molecule has 8 heteroatoms. The summed E-state index contributed by atoms with van der Waals surface area (Å²) < 4.78 is 3.47. The van der Waals surface area contributed by atoms with Crippen LogP contribution in [0.25, 0.3) is 38.6 Å². The van der Waals surface area contributed by atoms with Crippen LogP contribution < -0.4 is 5.56 Å². The van der Waals surface area contributed by atoms with E-state index in [4.69, 9.17) is 28.3 Å². The number of aryl methyl sites for hydroxylation is 3. The van der Waals surface area contributed by atoms with Crippen molar-refractivity contribution in [3.05, 3.63) is 98.8 Å². The maximum Gasteiger partial charge on any atom is 0.261 e. The van der Waals surface area contributed by atoms with Crippen molar-refractivity contribution >= 4 is 50.7 Å². The number of halogens is 2. The molecule has 2 aromatic carbocycles. The van der Waals surface area contributed by atoms with Gasteiger partial charge in [-0.05, 0) is 60.9 Å². The number of hydrogen-bond donors (Lipinski definition) is 1. The fourth-order valence-corrected chi connectivity index (χ4v) is 4.84. The number of pyridine rings is 1. The summed E-state index contributed by atoms with van der Waals surface area (Å²) in [7, 11) is 0. The molecule has 0 unspecified atom stereocenters. The second-order valence-electron chi connectivity index (χ2n) is 8.33. The highest BCUT2D eigenvalue weighted by molar-refractivity contribution is 6.31. The fraction of sp³-hybridized carbons (Fsp3) is 0.115. The molecule has 0 aliphatic heterocycles. The van der Waals surface area contributed by atoms with Gasteiger partial charge in [-0.25, -0.2) is 9.50 Å². The third-order valence-corrected chi connectivity index (χ3v) is 6.73. The molecule has 0 spiro atoms. The molecule has 0 amide bonds. The maximum absolute atomic E-state index is 13.3. The first kappa shape index (κ1) is 21.0. The zero-order valence-corrected chi connectivity index (χ0v) is 19.7. The van der Waals surface area contributed by atoms with Gasteiger partial charge in [-0.1, -0.05) is 35.3 Å². The van der Waals surface area contributed by atoms with Crippen LogP contribution >= 0.6 is 23.2 Å². The van der Waals surface area contributed by atoms with Gasteiger partial charge in [0.25, 0.3) is 5.56 Å². The Morgan fingerprint density at radius 2 is 1.79 bits per heavy atom. The standard InChI is InChI=1S/C26H19Cl2N5O/c1-15-24(16-2-4-18(27)5-3-16)25-30-14-21-23(33(25)31-15)9-11-32(26(21)34)10-8-17-13-29-22-7-6-19(28)12-20(17)22/h2-7,9,11-14,29H,8,10H2,1H3. The minimum atomic E-state index is -0.0917. The largest absolute Gasteiger partial charge is 0.361 e. The van der Waals surface area contributed by atoms with Gasteiger partial charge < -0.3 is 9.55 Å².